The van der Waals surface area contributed by atoms with Gasteiger partial charge in [-0.05, 0) is 56.0 Å². The number of anilines is 1. The van der Waals surface area contributed by atoms with Crippen LogP contribution in [0.3, 0.4) is 0 Å². The summed E-state index contributed by atoms with van der Waals surface area (Å²) in [6.07, 6.45) is 2.37. The van der Waals surface area contributed by atoms with Gasteiger partial charge in [-0.25, -0.2) is 0 Å². The maximum absolute atomic E-state index is 8.91. The van der Waals surface area contributed by atoms with E-state index in [1.165, 1.54) is 24.0 Å². The Labute approximate surface area is 103 Å². The van der Waals surface area contributed by atoms with Crippen LogP contribution in [0.5, 0.6) is 0 Å². The number of hydrogen-bond donors (Lipinski definition) is 2. The molecule has 2 rings (SSSR count). The first-order chi connectivity index (χ1) is 8.20. The molecule has 3 N–H and O–H groups in total. The predicted molar refractivity (Wildman–Crippen MR) is 71.1 cm³/mol. The fourth-order valence-corrected chi connectivity index (χ4v) is 2.58. The van der Waals surface area contributed by atoms with Gasteiger partial charge in [-0.3, -0.25) is 0 Å². The zero-order valence-electron chi connectivity index (χ0n) is 10.5. The van der Waals surface area contributed by atoms with Crippen LogP contribution in [0, 0.1) is 6.92 Å². The van der Waals surface area contributed by atoms with Gasteiger partial charge in [0.1, 0.15) is 0 Å². The molecule has 0 atom stereocenters. The smallest absolute Gasteiger partial charge is 0.0558 e. The molecule has 0 aromatic heterocycles. The quantitative estimate of drug-likeness (QED) is 0.783. The van der Waals surface area contributed by atoms with Crippen LogP contribution >= 0.6 is 0 Å². The molecule has 1 aliphatic rings. The van der Waals surface area contributed by atoms with Crippen LogP contribution in [0.15, 0.2) is 18.2 Å². The van der Waals surface area contributed by atoms with E-state index in [1.807, 2.05) is 6.07 Å². The first kappa shape index (κ1) is 12.4. The van der Waals surface area contributed by atoms with Crippen molar-refractivity contribution in [3.63, 3.8) is 0 Å². The molecule has 3 heteroatoms. The summed E-state index contributed by atoms with van der Waals surface area (Å²) in [6, 6.07) is 6.40. The number of nitrogens with two attached hydrogens (primary N) is 1. The average molecular weight is 234 g/mol. The lowest BCUT2D eigenvalue weighted by Crippen LogP contribution is -2.34. The molecule has 17 heavy (non-hydrogen) atoms. The number of benzene rings is 1. The van der Waals surface area contributed by atoms with Gasteiger partial charge in [0.25, 0.3) is 0 Å². The lowest BCUT2D eigenvalue weighted by Gasteiger charge is -2.31. The van der Waals surface area contributed by atoms with E-state index in [4.69, 9.17) is 10.8 Å². The molecule has 0 bridgehead atoms. The number of rotatable bonds is 3. The Balaban J connectivity index is 1.98. The highest BCUT2D eigenvalue weighted by Gasteiger charge is 2.20. The van der Waals surface area contributed by atoms with Gasteiger partial charge < -0.3 is 15.7 Å². The summed E-state index contributed by atoms with van der Waals surface area (Å²) >= 11 is 0. The van der Waals surface area contributed by atoms with Crippen LogP contribution < -0.4 is 5.73 Å². The number of piperidine rings is 1. The minimum atomic E-state index is 0.269. The van der Waals surface area contributed by atoms with Gasteiger partial charge in [-0.1, -0.05) is 12.1 Å². The molecule has 0 saturated carbocycles. The number of nitrogens with zero attached hydrogens (tertiary/aromatic N) is 1. The maximum Gasteiger partial charge on any atom is 0.0558 e. The number of aryl methyl sites for hydroxylation is 1. The minimum absolute atomic E-state index is 0.269. The number of hydrogen-bond acceptors (Lipinski definition) is 3. The molecule has 1 saturated heterocycles. The second-order valence-corrected chi connectivity index (χ2v) is 4.96. The third-order valence-corrected chi connectivity index (χ3v) is 3.77. The summed E-state index contributed by atoms with van der Waals surface area (Å²) in [4.78, 5) is 2.33. The second kappa shape index (κ2) is 5.52. The summed E-state index contributed by atoms with van der Waals surface area (Å²) < 4.78 is 0. The van der Waals surface area contributed by atoms with Gasteiger partial charge in [0.2, 0.25) is 0 Å². The molecular weight excluding hydrogens is 212 g/mol. The summed E-state index contributed by atoms with van der Waals surface area (Å²) in [6.45, 7) is 5.34. The summed E-state index contributed by atoms with van der Waals surface area (Å²) in [5.41, 5.74) is 9.32. The second-order valence-electron chi connectivity index (χ2n) is 4.96. The summed E-state index contributed by atoms with van der Waals surface area (Å²) in [7, 11) is 0. The first-order valence-corrected chi connectivity index (χ1v) is 6.40. The van der Waals surface area contributed by atoms with E-state index in [9.17, 15) is 0 Å². The molecule has 3 nitrogen and oxygen atoms in total. The number of β-amino-alcohol motifs (C(OH)–C–C–N with tert-alkyl or cyclic N) is 1. The Morgan fingerprint density at radius 1 is 1.35 bits per heavy atom. The molecule has 0 amide bonds. The van der Waals surface area contributed by atoms with Gasteiger partial charge in [-0.15, -0.1) is 0 Å². The fourth-order valence-electron chi connectivity index (χ4n) is 2.58. The topological polar surface area (TPSA) is 49.5 Å². The molecule has 1 aromatic carbocycles. The van der Waals surface area contributed by atoms with E-state index in [1.54, 1.807) is 0 Å². The monoisotopic (exact) mass is 234 g/mol. The zero-order chi connectivity index (χ0) is 12.3. The number of likely N-dealkylation sites (tertiary alicyclic amines) is 1. The van der Waals surface area contributed by atoms with Crippen molar-refractivity contribution >= 4 is 5.69 Å². The molecule has 1 heterocycles. The van der Waals surface area contributed by atoms with Crippen molar-refractivity contribution in [1.29, 1.82) is 0 Å². The molecule has 1 fully saturated rings. The molecular formula is C14H22N2O. The van der Waals surface area contributed by atoms with Crippen molar-refractivity contribution in [3.8, 4) is 0 Å². The van der Waals surface area contributed by atoms with Crippen LogP contribution in [0.1, 0.15) is 29.9 Å². The van der Waals surface area contributed by atoms with Crippen molar-refractivity contribution < 1.29 is 5.11 Å². The van der Waals surface area contributed by atoms with E-state index >= 15 is 0 Å². The predicted octanol–water partition coefficient (Wildman–Crippen LogP) is 1.75. The first-order valence-electron chi connectivity index (χ1n) is 6.40. The molecule has 0 aliphatic carbocycles. The van der Waals surface area contributed by atoms with E-state index in [-0.39, 0.29) is 6.61 Å². The Morgan fingerprint density at radius 3 is 2.65 bits per heavy atom. The number of aliphatic hydroxyl groups excluding tert-OH is 1. The third kappa shape index (κ3) is 2.99. The van der Waals surface area contributed by atoms with Crippen LogP contribution in [0.2, 0.25) is 0 Å². The van der Waals surface area contributed by atoms with Crippen molar-refractivity contribution in [2.45, 2.75) is 25.7 Å². The van der Waals surface area contributed by atoms with E-state index in [2.05, 4.69) is 24.0 Å². The highest BCUT2D eigenvalue weighted by atomic mass is 16.3. The van der Waals surface area contributed by atoms with E-state index in [0.717, 1.165) is 25.3 Å². The van der Waals surface area contributed by atoms with Gasteiger partial charge in [-0.2, -0.15) is 0 Å². The summed E-state index contributed by atoms with van der Waals surface area (Å²) in [5.74, 6) is 0.657. The molecule has 1 aliphatic heterocycles. The molecule has 1 aromatic rings. The van der Waals surface area contributed by atoms with Crippen molar-refractivity contribution in [2.75, 3.05) is 32.0 Å². The lowest BCUT2D eigenvalue weighted by atomic mass is 9.88. The van der Waals surface area contributed by atoms with E-state index < -0.39 is 0 Å². The van der Waals surface area contributed by atoms with Crippen molar-refractivity contribution in [3.05, 3.63) is 29.3 Å². The standard InChI is InChI=1S/C14H22N2O/c1-11-10-13(2-3-14(11)15)12-4-6-16(7-5-12)8-9-17/h2-3,10,12,17H,4-9,15H2,1H3. The summed E-state index contributed by atoms with van der Waals surface area (Å²) in [5, 5.41) is 8.91. The Bertz CT molecular complexity index is 370. The molecule has 0 unspecified atom stereocenters. The van der Waals surface area contributed by atoms with E-state index in [0.29, 0.717) is 5.92 Å². The van der Waals surface area contributed by atoms with Gasteiger partial charge in [0.15, 0.2) is 0 Å². The van der Waals surface area contributed by atoms with Gasteiger partial charge in [0, 0.05) is 12.2 Å². The van der Waals surface area contributed by atoms with Crippen LogP contribution in [0.25, 0.3) is 0 Å². The van der Waals surface area contributed by atoms with Crippen LogP contribution in [-0.2, 0) is 0 Å². The van der Waals surface area contributed by atoms with Crippen LogP contribution in [0.4, 0.5) is 5.69 Å². The average Bonchev–Trinajstić information content (AvgIpc) is 2.34. The van der Waals surface area contributed by atoms with Crippen LogP contribution in [-0.4, -0.2) is 36.2 Å². The van der Waals surface area contributed by atoms with Crippen molar-refractivity contribution in [1.82, 2.24) is 4.90 Å². The van der Waals surface area contributed by atoms with Gasteiger partial charge >= 0.3 is 0 Å². The largest absolute Gasteiger partial charge is 0.399 e. The molecule has 0 radical (unpaired) electrons. The Morgan fingerprint density at radius 2 is 2.06 bits per heavy atom. The third-order valence-electron chi connectivity index (χ3n) is 3.77. The Hall–Kier alpha value is -1.06. The normalized spacial score (nSPS) is 18.5. The fraction of sp³-hybridized carbons (Fsp3) is 0.571. The van der Waals surface area contributed by atoms with Crippen molar-refractivity contribution in [2.24, 2.45) is 0 Å². The Kier molecular flexibility index (Phi) is 4.02. The number of aliphatic hydroxyl groups is 1. The van der Waals surface area contributed by atoms with Gasteiger partial charge in [0.05, 0.1) is 6.61 Å². The maximum atomic E-state index is 8.91. The molecule has 0 spiro atoms. The minimum Gasteiger partial charge on any atom is -0.399 e. The lowest BCUT2D eigenvalue weighted by molar-refractivity contribution is 0.164. The zero-order valence-corrected chi connectivity index (χ0v) is 10.5. The SMILES string of the molecule is Cc1cc(C2CCN(CCO)CC2)ccc1N. The highest BCUT2D eigenvalue weighted by molar-refractivity contribution is 5.48. The number of nitrogen functional groups attached to an aromatic ring is 1. The highest BCUT2D eigenvalue weighted by Crippen LogP contribution is 2.29. The molecule has 94 valence electrons.